The maximum Gasteiger partial charge on any atom is 0.254 e. The van der Waals surface area contributed by atoms with Gasteiger partial charge in [-0.15, -0.1) is 0 Å². The van der Waals surface area contributed by atoms with E-state index < -0.39 is 0 Å². The summed E-state index contributed by atoms with van der Waals surface area (Å²) in [5.41, 5.74) is 2.18. The van der Waals surface area contributed by atoms with Gasteiger partial charge in [-0.05, 0) is 30.7 Å². The summed E-state index contributed by atoms with van der Waals surface area (Å²) in [4.78, 5) is 19.6. The minimum absolute atomic E-state index is 0.0973. The van der Waals surface area contributed by atoms with Crippen molar-refractivity contribution in [3.63, 3.8) is 0 Å². The Morgan fingerprint density at radius 2 is 1.76 bits per heavy atom. The number of carbonyl (C=O) groups excluding carboxylic acids is 1. The molecule has 0 radical (unpaired) electrons. The van der Waals surface area contributed by atoms with Crippen LogP contribution in [0.5, 0.6) is 11.5 Å². The van der Waals surface area contributed by atoms with E-state index in [1.165, 1.54) is 0 Å². The molecule has 0 unspecified atom stereocenters. The number of unbranched alkanes of at least 4 members (excludes halogenated alkanes) is 1. The summed E-state index contributed by atoms with van der Waals surface area (Å²) in [6, 6.07) is 15.0. The highest BCUT2D eigenvalue weighted by Gasteiger charge is 2.19. The summed E-state index contributed by atoms with van der Waals surface area (Å²) in [6.45, 7) is 3.11. The number of hydrogen-bond acceptors (Lipinski definition) is 4. The largest absolute Gasteiger partial charge is 0.497 e. The average molecular weight is 413 g/mol. The van der Waals surface area contributed by atoms with E-state index >= 15 is 0 Å². The summed E-state index contributed by atoms with van der Waals surface area (Å²) in [7, 11) is 3.14. The van der Waals surface area contributed by atoms with E-state index in [-0.39, 0.29) is 5.91 Å². The molecule has 0 saturated carbocycles. The number of ether oxygens (including phenoxy) is 2. The predicted molar refractivity (Wildman–Crippen MR) is 116 cm³/mol. The van der Waals surface area contributed by atoms with Gasteiger partial charge in [-0.3, -0.25) is 4.79 Å². The van der Waals surface area contributed by atoms with Crippen molar-refractivity contribution in [2.45, 2.75) is 26.3 Å². The van der Waals surface area contributed by atoms with Crippen LogP contribution in [-0.4, -0.2) is 36.6 Å². The number of hydrogen-bond donors (Lipinski definition) is 0. The normalized spacial score (nSPS) is 10.8. The second-order valence-electron chi connectivity index (χ2n) is 6.81. The van der Waals surface area contributed by atoms with Crippen LogP contribution in [0.2, 0.25) is 5.15 Å². The van der Waals surface area contributed by atoms with Crippen LogP contribution in [0.3, 0.4) is 0 Å². The summed E-state index contributed by atoms with van der Waals surface area (Å²) in [5.74, 6) is 1.06. The molecule has 3 rings (SSSR count). The molecule has 3 aromatic rings. The molecule has 0 saturated heterocycles. The van der Waals surface area contributed by atoms with E-state index in [1.54, 1.807) is 37.3 Å². The van der Waals surface area contributed by atoms with Gasteiger partial charge in [0.25, 0.3) is 5.91 Å². The highest BCUT2D eigenvalue weighted by Crippen LogP contribution is 2.26. The fourth-order valence-electron chi connectivity index (χ4n) is 3.17. The molecule has 0 fully saturated rings. The Balaban J connectivity index is 1.94. The number of carbonyl (C=O) groups is 1. The van der Waals surface area contributed by atoms with Crippen LogP contribution in [0.4, 0.5) is 0 Å². The van der Waals surface area contributed by atoms with Gasteiger partial charge in [-0.2, -0.15) is 0 Å². The number of rotatable bonds is 8. The van der Waals surface area contributed by atoms with Crippen molar-refractivity contribution in [3.8, 4) is 11.5 Å². The van der Waals surface area contributed by atoms with Gasteiger partial charge in [0, 0.05) is 35.7 Å². The van der Waals surface area contributed by atoms with Crippen LogP contribution in [0.25, 0.3) is 10.9 Å². The summed E-state index contributed by atoms with van der Waals surface area (Å²) in [5, 5.41) is 1.42. The van der Waals surface area contributed by atoms with Crippen molar-refractivity contribution < 1.29 is 14.3 Å². The quantitative estimate of drug-likeness (QED) is 0.468. The summed E-state index contributed by atoms with van der Waals surface area (Å²) in [6.07, 6.45) is 1.88. The zero-order chi connectivity index (χ0) is 20.8. The molecule has 0 bridgehead atoms. The maximum atomic E-state index is 13.3. The highest BCUT2D eigenvalue weighted by molar-refractivity contribution is 6.30. The van der Waals surface area contributed by atoms with Crippen molar-refractivity contribution in [1.82, 2.24) is 9.88 Å². The molecule has 0 N–H and O–H groups in total. The molecule has 6 heteroatoms. The van der Waals surface area contributed by atoms with Crippen LogP contribution in [-0.2, 0) is 6.54 Å². The number of fused-ring (bicyclic) bond motifs is 1. The minimum Gasteiger partial charge on any atom is -0.497 e. The summed E-state index contributed by atoms with van der Waals surface area (Å²) < 4.78 is 10.6. The Labute approximate surface area is 176 Å². The molecular weight excluding hydrogens is 388 g/mol. The molecular formula is C23H25ClN2O3. The highest BCUT2D eigenvalue weighted by atomic mass is 35.5. The Kier molecular flexibility index (Phi) is 6.94. The van der Waals surface area contributed by atoms with E-state index in [2.05, 4.69) is 11.9 Å². The summed E-state index contributed by atoms with van der Waals surface area (Å²) >= 11 is 6.44. The van der Waals surface area contributed by atoms with E-state index in [0.717, 1.165) is 29.3 Å². The lowest BCUT2D eigenvalue weighted by atomic mass is 10.1. The van der Waals surface area contributed by atoms with E-state index in [4.69, 9.17) is 21.1 Å². The lowest BCUT2D eigenvalue weighted by Gasteiger charge is -2.24. The Morgan fingerprint density at radius 3 is 2.41 bits per heavy atom. The topological polar surface area (TPSA) is 51.7 Å². The molecule has 2 aromatic carbocycles. The third kappa shape index (κ3) is 4.98. The first-order chi connectivity index (χ1) is 14.0. The Morgan fingerprint density at radius 1 is 1.07 bits per heavy atom. The first-order valence-corrected chi connectivity index (χ1v) is 10.00. The van der Waals surface area contributed by atoms with Gasteiger partial charge in [0.1, 0.15) is 16.7 Å². The fraction of sp³-hybridized carbons (Fsp3) is 0.304. The van der Waals surface area contributed by atoms with E-state index in [9.17, 15) is 4.79 Å². The molecule has 0 aliphatic rings. The van der Waals surface area contributed by atoms with Crippen molar-refractivity contribution in [3.05, 3.63) is 64.8 Å². The first kappa shape index (κ1) is 20.9. The fourth-order valence-corrected chi connectivity index (χ4v) is 3.37. The smallest absolute Gasteiger partial charge is 0.254 e. The van der Waals surface area contributed by atoms with Gasteiger partial charge < -0.3 is 14.4 Å². The Bertz CT molecular complexity index is 984. The molecule has 1 heterocycles. The van der Waals surface area contributed by atoms with Gasteiger partial charge in [0.2, 0.25) is 0 Å². The number of para-hydroxylation sites is 1. The van der Waals surface area contributed by atoms with Crippen LogP contribution >= 0.6 is 11.6 Å². The maximum absolute atomic E-state index is 13.3. The number of aromatic nitrogens is 1. The molecule has 0 aliphatic heterocycles. The second-order valence-corrected chi connectivity index (χ2v) is 7.17. The third-order valence-electron chi connectivity index (χ3n) is 4.78. The molecule has 0 atom stereocenters. The first-order valence-electron chi connectivity index (χ1n) is 9.62. The lowest BCUT2D eigenvalue weighted by Crippen LogP contribution is -2.31. The third-order valence-corrected chi connectivity index (χ3v) is 5.11. The lowest BCUT2D eigenvalue weighted by molar-refractivity contribution is 0.0740. The number of halogens is 1. The van der Waals surface area contributed by atoms with Gasteiger partial charge in [0.15, 0.2) is 0 Å². The second kappa shape index (κ2) is 9.61. The standard InChI is InChI=1S/C23H25ClN2O3/c1-4-5-10-26(23(27)17-12-19(28-2)14-20(13-17)29-3)15-18-11-16-8-6-7-9-21(16)25-22(18)24/h6-9,11-14H,4-5,10,15H2,1-3H3. The van der Waals surface area contributed by atoms with Crippen LogP contribution < -0.4 is 9.47 Å². The molecule has 29 heavy (non-hydrogen) atoms. The van der Waals surface area contributed by atoms with Crippen molar-refractivity contribution >= 4 is 28.4 Å². The van der Waals surface area contributed by atoms with Gasteiger partial charge >= 0.3 is 0 Å². The number of amides is 1. The number of pyridine rings is 1. The predicted octanol–water partition coefficient (Wildman–Crippen LogP) is 5.35. The monoisotopic (exact) mass is 412 g/mol. The minimum atomic E-state index is -0.0973. The molecule has 152 valence electrons. The van der Waals surface area contributed by atoms with Crippen molar-refractivity contribution in [2.24, 2.45) is 0 Å². The molecule has 1 amide bonds. The number of benzene rings is 2. The SMILES string of the molecule is CCCCN(Cc1cc2ccccc2nc1Cl)C(=O)c1cc(OC)cc(OC)c1. The Hall–Kier alpha value is -2.79. The van der Waals surface area contributed by atoms with Crippen molar-refractivity contribution in [2.75, 3.05) is 20.8 Å². The van der Waals surface area contributed by atoms with Crippen LogP contribution in [0.15, 0.2) is 48.5 Å². The van der Waals surface area contributed by atoms with Crippen molar-refractivity contribution in [1.29, 1.82) is 0 Å². The zero-order valence-corrected chi connectivity index (χ0v) is 17.7. The molecule has 0 aliphatic carbocycles. The van der Waals surface area contributed by atoms with Crippen LogP contribution in [0, 0.1) is 0 Å². The average Bonchev–Trinajstić information content (AvgIpc) is 2.75. The zero-order valence-electron chi connectivity index (χ0n) is 16.9. The molecule has 5 nitrogen and oxygen atoms in total. The van der Waals surface area contributed by atoms with E-state index in [1.807, 2.05) is 30.3 Å². The van der Waals surface area contributed by atoms with Gasteiger partial charge in [0.05, 0.1) is 19.7 Å². The molecule has 0 spiro atoms. The number of nitrogens with zero attached hydrogens (tertiary/aromatic N) is 2. The van der Waals surface area contributed by atoms with Gasteiger partial charge in [-0.1, -0.05) is 43.1 Å². The van der Waals surface area contributed by atoms with E-state index in [0.29, 0.717) is 35.3 Å². The van der Waals surface area contributed by atoms with Gasteiger partial charge in [-0.25, -0.2) is 4.98 Å². The molecule has 1 aromatic heterocycles. The van der Waals surface area contributed by atoms with Crippen LogP contribution in [0.1, 0.15) is 35.7 Å². The number of methoxy groups -OCH3 is 2.